The number of aromatic nitrogens is 1. The number of nitrogens with zero attached hydrogens (tertiary/aromatic N) is 1. The number of benzene rings is 2. The van der Waals surface area contributed by atoms with Crippen LogP contribution in [-0.4, -0.2) is 21.4 Å². The first-order valence-corrected chi connectivity index (χ1v) is 11.7. The van der Waals surface area contributed by atoms with Crippen molar-refractivity contribution in [1.82, 2.24) is 4.57 Å². The Morgan fingerprint density at radius 1 is 1.23 bits per heavy atom. The van der Waals surface area contributed by atoms with Gasteiger partial charge >= 0.3 is 5.97 Å². The number of carbonyl (C=O) groups excluding carboxylic acids is 1. The van der Waals surface area contributed by atoms with Crippen LogP contribution in [0.25, 0.3) is 10.9 Å². The lowest BCUT2D eigenvalue weighted by Gasteiger charge is -2.17. The number of aliphatic carboxylic acids is 1. The molecule has 2 heterocycles. The lowest BCUT2D eigenvalue weighted by Crippen LogP contribution is -2.19. The molecule has 0 amide bonds. The van der Waals surface area contributed by atoms with E-state index in [2.05, 4.69) is 22.6 Å². The van der Waals surface area contributed by atoms with Gasteiger partial charge < -0.3 is 9.67 Å². The first-order valence-electron chi connectivity index (χ1n) is 10.2. The van der Waals surface area contributed by atoms with Crippen LogP contribution >= 0.6 is 34.2 Å². The number of halogens is 3. The number of hydrogen-bond donors (Lipinski definition) is 1. The highest BCUT2D eigenvalue weighted by atomic mass is 127. The molecule has 0 saturated carbocycles. The third-order valence-corrected chi connectivity index (χ3v) is 7.36. The van der Waals surface area contributed by atoms with Crippen molar-refractivity contribution in [3.05, 3.63) is 67.1 Å². The Kier molecular flexibility index (Phi) is 5.89. The average Bonchev–Trinajstić information content (AvgIpc) is 3.24. The maximum Gasteiger partial charge on any atom is 0.306 e. The molecule has 0 bridgehead atoms. The topological polar surface area (TPSA) is 59.3 Å². The Labute approximate surface area is 198 Å². The van der Waals surface area contributed by atoms with E-state index in [9.17, 15) is 19.1 Å². The van der Waals surface area contributed by atoms with Gasteiger partial charge in [0.15, 0.2) is 5.78 Å². The SMILES string of the molecule is CC(C)c1cc(F)cc2c1c(C(=O)c1ccc(Cl)cc1I)c1n2CC[C@@H]1C(C)C(=O)O. The molecule has 3 aromatic rings. The summed E-state index contributed by atoms with van der Waals surface area (Å²) < 4.78 is 17.2. The van der Waals surface area contributed by atoms with E-state index in [1.54, 1.807) is 25.1 Å². The van der Waals surface area contributed by atoms with Crippen LogP contribution in [0.2, 0.25) is 5.02 Å². The number of carboxylic acids is 1. The van der Waals surface area contributed by atoms with Crippen molar-refractivity contribution < 1.29 is 19.1 Å². The molecule has 1 aromatic heterocycles. The molecule has 4 nitrogen and oxygen atoms in total. The lowest BCUT2D eigenvalue weighted by atomic mass is 9.84. The van der Waals surface area contributed by atoms with Crippen molar-refractivity contribution in [3.8, 4) is 0 Å². The molecule has 2 atom stereocenters. The molecule has 162 valence electrons. The van der Waals surface area contributed by atoms with Gasteiger partial charge in [0.25, 0.3) is 0 Å². The van der Waals surface area contributed by atoms with E-state index >= 15 is 0 Å². The van der Waals surface area contributed by atoms with E-state index < -0.39 is 11.9 Å². The summed E-state index contributed by atoms with van der Waals surface area (Å²) in [7, 11) is 0. The summed E-state index contributed by atoms with van der Waals surface area (Å²) in [6.07, 6.45) is 0.601. The van der Waals surface area contributed by atoms with E-state index in [4.69, 9.17) is 11.6 Å². The quantitative estimate of drug-likeness (QED) is 0.286. The van der Waals surface area contributed by atoms with Crippen molar-refractivity contribution in [3.63, 3.8) is 0 Å². The smallest absolute Gasteiger partial charge is 0.306 e. The zero-order chi connectivity index (χ0) is 22.6. The summed E-state index contributed by atoms with van der Waals surface area (Å²) in [4.78, 5) is 25.7. The highest BCUT2D eigenvalue weighted by molar-refractivity contribution is 14.1. The Balaban J connectivity index is 2.08. The monoisotopic (exact) mass is 553 g/mol. The summed E-state index contributed by atoms with van der Waals surface area (Å²) >= 11 is 8.18. The zero-order valence-electron chi connectivity index (χ0n) is 17.4. The van der Waals surface area contributed by atoms with Crippen LogP contribution in [0.4, 0.5) is 4.39 Å². The van der Waals surface area contributed by atoms with Gasteiger partial charge in [0, 0.05) is 37.7 Å². The number of aryl methyl sites for hydroxylation is 1. The second-order valence-corrected chi connectivity index (χ2v) is 10.0. The molecule has 0 spiro atoms. The van der Waals surface area contributed by atoms with Crippen LogP contribution in [-0.2, 0) is 11.3 Å². The first kappa shape index (κ1) is 22.3. The third-order valence-electron chi connectivity index (χ3n) is 6.23. The van der Waals surface area contributed by atoms with Crippen molar-refractivity contribution in [1.29, 1.82) is 0 Å². The number of hydrogen-bond acceptors (Lipinski definition) is 2. The lowest BCUT2D eigenvalue weighted by molar-refractivity contribution is -0.141. The summed E-state index contributed by atoms with van der Waals surface area (Å²) in [5.74, 6) is -2.43. The molecule has 31 heavy (non-hydrogen) atoms. The Hall–Kier alpha value is -1.93. The van der Waals surface area contributed by atoms with E-state index in [1.165, 1.54) is 12.1 Å². The van der Waals surface area contributed by atoms with Crippen LogP contribution in [0.5, 0.6) is 0 Å². The number of carboxylic acid groups (broad SMARTS) is 1. The van der Waals surface area contributed by atoms with Crippen LogP contribution in [0.1, 0.15) is 66.2 Å². The van der Waals surface area contributed by atoms with Gasteiger partial charge in [0.2, 0.25) is 0 Å². The van der Waals surface area contributed by atoms with Gasteiger partial charge in [-0.1, -0.05) is 32.4 Å². The normalized spacial score (nSPS) is 16.7. The highest BCUT2D eigenvalue weighted by Crippen LogP contribution is 2.45. The van der Waals surface area contributed by atoms with Gasteiger partial charge in [-0.2, -0.15) is 0 Å². The average molecular weight is 554 g/mol. The molecule has 2 aromatic carbocycles. The van der Waals surface area contributed by atoms with Crippen molar-refractivity contribution in [2.24, 2.45) is 5.92 Å². The Bertz CT molecular complexity index is 1230. The van der Waals surface area contributed by atoms with Gasteiger partial charge in [-0.15, -0.1) is 0 Å². The van der Waals surface area contributed by atoms with E-state index in [0.29, 0.717) is 40.3 Å². The number of fused-ring (bicyclic) bond motifs is 3. The first-order chi connectivity index (χ1) is 14.6. The maximum absolute atomic E-state index is 14.5. The molecule has 7 heteroatoms. The fourth-order valence-electron chi connectivity index (χ4n) is 4.67. The van der Waals surface area contributed by atoms with Gasteiger partial charge in [-0.25, -0.2) is 4.39 Å². The molecule has 1 N–H and O–H groups in total. The second-order valence-electron chi connectivity index (χ2n) is 8.43. The minimum Gasteiger partial charge on any atom is -0.481 e. The number of rotatable bonds is 5. The Morgan fingerprint density at radius 2 is 1.94 bits per heavy atom. The van der Waals surface area contributed by atoms with Gasteiger partial charge in [0.1, 0.15) is 5.82 Å². The third kappa shape index (κ3) is 3.67. The fourth-order valence-corrected chi connectivity index (χ4v) is 5.79. The minimum atomic E-state index is -0.904. The predicted octanol–water partition coefficient (Wildman–Crippen LogP) is 6.60. The molecule has 4 rings (SSSR count). The van der Waals surface area contributed by atoms with Crippen LogP contribution < -0.4 is 0 Å². The molecule has 0 radical (unpaired) electrons. The molecular weight excluding hydrogens is 532 g/mol. The highest BCUT2D eigenvalue weighted by Gasteiger charge is 2.39. The van der Waals surface area contributed by atoms with Gasteiger partial charge in [-0.05, 0) is 70.8 Å². The zero-order valence-corrected chi connectivity index (χ0v) is 20.3. The largest absolute Gasteiger partial charge is 0.481 e. The second kappa shape index (κ2) is 8.20. The molecule has 1 aliphatic rings. The van der Waals surface area contributed by atoms with E-state index in [0.717, 1.165) is 14.5 Å². The molecule has 0 saturated heterocycles. The number of ketones is 1. The minimum absolute atomic E-state index is 0.00693. The maximum atomic E-state index is 14.5. The molecule has 0 aliphatic carbocycles. The van der Waals surface area contributed by atoms with Crippen molar-refractivity contribution >= 4 is 56.8 Å². The van der Waals surface area contributed by atoms with Gasteiger partial charge in [0.05, 0.1) is 17.0 Å². The van der Waals surface area contributed by atoms with Crippen LogP contribution in [0, 0.1) is 15.3 Å². The summed E-state index contributed by atoms with van der Waals surface area (Å²) in [5.41, 5.74) is 3.12. The van der Waals surface area contributed by atoms with Crippen LogP contribution in [0.15, 0.2) is 30.3 Å². The van der Waals surface area contributed by atoms with E-state index in [-0.39, 0.29) is 23.4 Å². The van der Waals surface area contributed by atoms with Crippen LogP contribution in [0.3, 0.4) is 0 Å². The molecular formula is C24H22ClFINO3. The number of carbonyl (C=O) groups is 2. The Morgan fingerprint density at radius 3 is 2.55 bits per heavy atom. The predicted molar refractivity (Wildman–Crippen MR) is 128 cm³/mol. The van der Waals surface area contributed by atoms with E-state index in [1.807, 2.05) is 18.4 Å². The van der Waals surface area contributed by atoms with Crippen molar-refractivity contribution in [2.45, 2.75) is 45.6 Å². The summed E-state index contributed by atoms with van der Waals surface area (Å²) in [6, 6.07) is 8.06. The molecule has 0 fully saturated rings. The fraction of sp³-hybridized carbons (Fsp3) is 0.333. The van der Waals surface area contributed by atoms with Gasteiger partial charge in [-0.3, -0.25) is 9.59 Å². The molecule has 1 unspecified atom stereocenters. The standard InChI is InChI=1S/C24H22ClFINO3/c1-11(2)17-9-14(26)10-19-20(17)21(23(29)16-5-4-13(25)8-18(16)27)22-15(6-7-28(19)22)12(3)24(30)31/h4-5,8-12,15H,6-7H2,1-3H3,(H,30,31)/t12?,15-/m1/s1. The molecule has 1 aliphatic heterocycles. The summed E-state index contributed by atoms with van der Waals surface area (Å²) in [6.45, 7) is 6.16. The summed E-state index contributed by atoms with van der Waals surface area (Å²) in [5, 5.41) is 10.9. The van der Waals surface area contributed by atoms with Crippen molar-refractivity contribution in [2.75, 3.05) is 0 Å².